The molecule has 0 aliphatic carbocycles. The normalized spacial score (nSPS) is 10.8. The number of ether oxygens (including phenoxy) is 2. The van der Waals surface area contributed by atoms with E-state index in [0.29, 0.717) is 24.1 Å². The molecule has 138 valence electrons. The number of thiazole rings is 1. The lowest BCUT2D eigenvalue weighted by Gasteiger charge is -2.14. The number of aliphatic imine (C=N–C) groups is 1. The number of benzene rings is 1. The Labute approximate surface area is 170 Å². The molecule has 0 amide bonds. The van der Waals surface area contributed by atoms with Crippen molar-refractivity contribution in [3.63, 3.8) is 0 Å². The molecule has 0 fully saturated rings. The third-order valence-electron chi connectivity index (χ3n) is 3.29. The van der Waals surface area contributed by atoms with Crippen molar-refractivity contribution >= 4 is 47.0 Å². The fraction of sp³-hybridized carbons (Fsp3) is 0.412. The lowest BCUT2D eigenvalue weighted by atomic mass is 10.2. The molecule has 2 rings (SSSR count). The molecule has 0 aliphatic rings. The van der Waals surface area contributed by atoms with E-state index in [-0.39, 0.29) is 24.0 Å². The van der Waals surface area contributed by atoms with E-state index < -0.39 is 0 Å². The molecule has 0 bridgehead atoms. The van der Waals surface area contributed by atoms with E-state index in [1.165, 1.54) is 0 Å². The van der Waals surface area contributed by atoms with Gasteiger partial charge in [-0.15, -0.1) is 35.3 Å². The fourth-order valence-corrected chi connectivity index (χ4v) is 2.82. The number of nitrogens with zero attached hydrogens (tertiary/aromatic N) is 2. The molecular formula is C17H25IN4O2S. The van der Waals surface area contributed by atoms with Crippen molar-refractivity contribution < 1.29 is 9.47 Å². The minimum absolute atomic E-state index is 0. The van der Waals surface area contributed by atoms with Crippen LogP contribution in [-0.2, 0) is 6.42 Å². The van der Waals surface area contributed by atoms with Crippen LogP contribution in [-0.4, -0.2) is 38.3 Å². The molecule has 6 nitrogen and oxygen atoms in total. The van der Waals surface area contributed by atoms with Crippen LogP contribution in [0.1, 0.15) is 17.6 Å². The number of hydrogen-bond donors (Lipinski definition) is 2. The summed E-state index contributed by atoms with van der Waals surface area (Å²) in [5, 5.41) is 9.72. The van der Waals surface area contributed by atoms with Crippen LogP contribution in [0.4, 0.5) is 5.69 Å². The largest absolute Gasteiger partial charge is 0.493 e. The molecule has 8 heteroatoms. The van der Waals surface area contributed by atoms with Crippen LogP contribution in [0.5, 0.6) is 11.5 Å². The molecule has 1 heterocycles. The molecule has 2 N–H and O–H groups in total. The van der Waals surface area contributed by atoms with E-state index in [1.54, 1.807) is 25.5 Å². The quantitative estimate of drug-likeness (QED) is 0.363. The smallest absolute Gasteiger partial charge is 0.195 e. The second-order valence-electron chi connectivity index (χ2n) is 5.03. The van der Waals surface area contributed by atoms with Gasteiger partial charge in [-0.1, -0.05) is 0 Å². The molecular weight excluding hydrogens is 451 g/mol. The predicted molar refractivity (Wildman–Crippen MR) is 115 cm³/mol. The first-order valence-corrected chi connectivity index (χ1v) is 8.73. The third kappa shape index (κ3) is 6.69. The minimum Gasteiger partial charge on any atom is -0.493 e. The average molecular weight is 476 g/mol. The third-order valence-corrected chi connectivity index (χ3v) is 4.11. The number of hydrogen-bond acceptors (Lipinski definition) is 5. The Morgan fingerprint density at radius 3 is 2.72 bits per heavy atom. The van der Waals surface area contributed by atoms with Gasteiger partial charge in [0.15, 0.2) is 17.5 Å². The maximum Gasteiger partial charge on any atom is 0.195 e. The van der Waals surface area contributed by atoms with Crippen LogP contribution in [0.3, 0.4) is 0 Å². The monoisotopic (exact) mass is 476 g/mol. The van der Waals surface area contributed by atoms with Crippen molar-refractivity contribution in [2.45, 2.75) is 20.3 Å². The Balaban J connectivity index is 0.00000312. The second-order valence-corrected chi connectivity index (χ2v) is 6.09. The van der Waals surface area contributed by atoms with Gasteiger partial charge >= 0.3 is 0 Å². The Morgan fingerprint density at radius 1 is 1.32 bits per heavy atom. The van der Waals surface area contributed by atoms with Gasteiger partial charge in [-0.25, -0.2) is 4.98 Å². The Hall–Kier alpha value is -1.55. The van der Waals surface area contributed by atoms with E-state index in [0.717, 1.165) is 29.4 Å². The topological polar surface area (TPSA) is 67.8 Å². The van der Waals surface area contributed by atoms with Crippen molar-refractivity contribution in [2.24, 2.45) is 4.99 Å². The highest BCUT2D eigenvalue weighted by atomic mass is 127. The summed E-state index contributed by atoms with van der Waals surface area (Å²) in [4.78, 5) is 8.70. The van der Waals surface area contributed by atoms with E-state index in [4.69, 9.17) is 9.47 Å². The van der Waals surface area contributed by atoms with Crippen molar-refractivity contribution in [1.82, 2.24) is 10.3 Å². The van der Waals surface area contributed by atoms with Gasteiger partial charge in [0.1, 0.15) is 0 Å². The first-order chi connectivity index (χ1) is 11.7. The summed E-state index contributed by atoms with van der Waals surface area (Å²) in [6.07, 6.45) is 0.859. The highest BCUT2D eigenvalue weighted by Gasteiger charge is 2.07. The molecule has 0 saturated heterocycles. The van der Waals surface area contributed by atoms with Crippen LogP contribution in [0.2, 0.25) is 0 Å². The maximum absolute atomic E-state index is 5.59. The highest BCUT2D eigenvalue weighted by Crippen LogP contribution is 2.30. The summed E-state index contributed by atoms with van der Waals surface area (Å²) < 4.78 is 10.9. The van der Waals surface area contributed by atoms with Crippen molar-refractivity contribution in [2.75, 3.05) is 32.6 Å². The number of nitrogens with one attached hydrogen (secondary N) is 2. The van der Waals surface area contributed by atoms with Gasteiger partial charge in [0, 0.05) is 37.1 Å². The number of rotatable bonds is 7. The van der Waals surface area contributed by atoms with Crippen LogP contribution in [0, 0.1) is 6.92 Å². The van der Waals surface area contributed by atoms with Crippen molar-refractivity contribution in [3.8, 4) is 11.5 Å². The zero-order valence-electron chi connectivity index (χ0n) is 15.0. The standard InChI is InChI=1S/C17H24N4O2S.HI/c1-5-23-16-10-13(6-7-15(16)22-4)21-17(18-3)19-9-8-14-11-24-12(2)20-14;/h6-7,10-11H,5,8-9H2,1-4H3,(H2,18,19,21);1H. The number of anilines is 1. The predicted octanol–water partition coefficient (Wildman–Crippen LogP) is 3.71. The summed E-state index contributed by atoms with van der Waals surface area (Å²) in [5.74, 6) is 2.12. The summed E-state index contributed by atoms with van der Waals surface area (Å²) in [6, 6.07) is 5.70. The molecule has 25 heavy (non-hydrogen) atoms. The second kappa shape index (κ2) is 11.1. The first kappa shape index (κ1) is 21.5. The molecule has 2 aromatic rings. The Morgan fingerprint density at radius 2 is 2.12 bits per heavy atom. The van der Waals surface area contributed by atoms with Gasteiger partial charge in [0.25, 0.3) is 0 Å². The lowest BCUT2D eigenvalue weighted by Crippen LogP contribution is -2.32. The summed E-state index contributed by atoms with van der Waals surface area (Å²) in [7, 11) is 3.38. The number of methoxy groups -OCH3 is 1. The molecule has 0 radical (unpaired) electrons. The van der Waals surface area contributed by atoms with Crippen LogP contribution >= 0.6 is 35.3 Å². The number of guanidine groups is 1. The lowest BCUT2D eigenvalue weighted by molar-refractivity contribution is 0.311. The van der Waals surface area contributed by atoms with E-state index in [9.17, 15) is 0 Å². The molecule has 0 unspecified atom stereocenters. The average Bonchev–Trinajstić information content (AvgIpc) is 3.00. The van der Waals surface area contributed by atoms with Gasteiger partial charge in [-0.2, -0.15) is 0 Å². The van der Waals surface area contributed by atoms with E-state index in [1.807, 2.05) is 32.0 Å². The first-order valence-electron chi connectivity index (χ1n) is 7.85. The van der Waals surface area contributed by atoms with Gasteiger partial charge in [-0.3, -0.25) is 4.99 Å². The fourth-order valence-electron chi connectivity index (χ4n) is 2.17. The summed E-state index contributed by atoms with van der Waals surface area (Å²) in [6.45, 7) is 5.30. The van der Waals surface area contributed by atoms with E-state index >= 15 is 0 Å². The SMILES string of the molecule is CCOc1cc(NC(=NC)NCCc2csc(C)n2)ccc1OC.I. The number of halogens is 1. The molecule has 0 atom stereocenters. The van der Waals surface area contributed by atoms with Crippen LogP contribution in [0.25, 0.3) is 0 Å². The Bertz CT molecular complexity index is 691. The highest BCUT2D eigenvalue weighted by molar-refractivity contribution is 14.0. The van der Waals surface area contributed by atoms with Crippen molar-refractivity contribution in [3.05, 3.63) is 34.3 Å². The number of aromatic nitrogens is 1. The zero-order chi connectivity index (χ0) is 17.4. The molecule has 1 aromatic carbocycles. The maximum atomic E-state index is 5.59. The molecule has 1 aromatic heterocycles. The van der Waals surface area contributed by atoms with Crippen LogP contribution < -0.4 is 20.1 Å². The minimum atomic E-state index is 0. The van der Waals surface area contributed by atoms with Crippen molar-refractivity contribution in [1.29, 1.82) is 0 Å². The van der Waals surface area contributed by atoms with Crippen LogP contribution in [0.15, 0.2) is 28.6 Å². The van der Waals surface area contributed by atoms with E-state index in [2.05, 4.69) is 26.0 Å². The van der Waals surface area contributed by atoms with Gasteiger partial charge in [0.2, 0.25) is 0 Å². The molecule has 0 aliphatic heterocycles. The summed E-state index contributed by atoms with van der Waals surface area (Å²) in [5.41, 5.74) is 1.99. The zero-order valence-corrected chi connectivity index (χ0v) is 18.1. The molecule has 0 saturated carbocycles. The Kier molecular flexibility index (Phi) is 9.58. The van der Waals surface area contributed by atoms with Gasteiger partial charge < -0.3 is 20.1 Å². The summed E-state index contributed by atoms with van der Waals surface area (Å²) >= 11 is 1.67. The van der Waals surface area contributed by atoms with Gasteiger partial charge in [0.05, 0.1) is 24.4 Å². The molecule has 0 spiro atoms. The number of aryl methyl sites for hydroxylation is 1. The van der Waals surface area contributed by atoms with Gasteiger partial charge in [-0.05, 0) is 26.0 Å².